The number of rotatable bonds is 5. The monoisotopic (exact) mass is 389 g/mol. The van der Waals surface area contributed by atoms with Gasteiger partial charge in [-0.2, -0.15) is 0 Å². The summed E-state index contributed by atoms with van der Waals surface area (Å²) >= 11 is 0. The van der Waals surface area contributed by atoms with Crippen molar-refractivity contribution >= 4 is 11.5 Å². The van der Waals surface area contributed by atoms with Gasteiger partial charge in [0.1, 0.15) is 5.75 Å². The first-order valence-electron chi connectivity index (χ1n) is 10.1. The van der Waals surface area contributed by atoms with Crippen LogP contribution >= 0.6 is 0 Å². The van der Waals surface area contributed by atoms with E-state index in [1.807, 2.05) is 50.2 Å². The predicted molar refractivity (Wildman–Crippen MR) is 116 cm³/mol. The van der Waals surface area contributed by atoms with E-state index in [4.69, 9.17) is 0 Å². The highest BCUT2D eigenvalue weighted by Crippen LogP contribution is 2.23. The van der Waals surface area contributed by atoms with Gasteiger partial charge in [-0.25, -0.2) is 0 Å². The fraction of sp³-hybridized carbons (Fsp3) is 0.292. The number of phenolic OH excluding ortho intramolecular Hbond substituents is 1. The molecule has 1 aliphatic heterocycles. The number of hydrogen-bond donors (Lipinski definition) is 1. The van der Waals surface area contributed by atoms with Crippen LogP contribution in [0.2, 0.25) is 0 Å². The van der Waals surface area contributed by atoms with Crippen molar-refractivity contribution in [1.29, 1.82) is 0 Å². The Kier molecular flexibility index (Phi) is 5.41. The number of nitrogens with zero attached hydrogens (tertiary/aromatic N) is 3. The average Bonchev–Trinajstić information content (AvgIpc) is 3.04. The predicted octanol–water partition coefficient (Wildman–Crippen LogP) is 3.80. The molecule has 1 N–H and O–H groups in total. The maximum Gasteiger partial charge on any atom is 0.178 e. The lowest BCUT2D eigenvalue weighted by Crippen LogP contribution is -2.48. The number of anilines is 1. The van der Waals surface area contributed by atoms with Crippen LogP contribution in [0.5, 0.6) is 5.75 Å². The summed E-state index contributed by atoms with van der Waals surface area (Å²) in [5.41, 5.74) is 5.09. The van der Waals surface area contributed by atoms with Crippen molar-refractivity contribution in [3.8, 4) is 11.4 Å². The summed E-state index contributed by atoms with van der Waals surface area (Å²) in [7, 11) is 0. The SMILES string of the molecule is Cc1cc(C(=O)CN2CCN(c3ccc(O)cc3)CC2)c(C)n1-c1ccccc1. The molecule has 1 saturated heterocycles. The standard InChI is InChI=1S/C24H27N3O2/c1-18-16-23(19(2)27(18)21-6-4-3-5-7-21)24(29)17-25-12-14-26(15-13-25)20-8-10-22(28)11-9-20/h3-11,16,28H,12-15,17H2,1-2H3. The van der Waals surface area contributed by atoms with Crippen LogP contribution in [-0.2, 0) is 0 Å². The molecule has 3 aromatic rings. The third-order valence-electron chi connectivity index (χ3n) is 5.70. The Morgan fingerprint density at radius 2 is 1.55 bits per heavy atom. The molecule has 4 rings (SSSR count). The summed E-state index contributed by atoms with van der Waals surface area (Å²) < 4.78 is 2.15. The van der Waals surface area contributed by atoms with Crippen LogP contribution in [0.3, 0.4) is 0 Å². The number of phenols is 1. The van der Waals surface area contributed by atoms with Crippen LogP contribution in [-0.4, -0.2) is 53.1 Å². The van der Waals surface area contributed by atoms with E-state index < -0.39 is 0 Å². The van der Waals surface area contributed by atoms with Gasteiger partial charge in [0.05, 0.1) is 6.54 Å². The van der Waals surface area contributed by atoms with Crippen LogP contribution < -0.4 is 4.90 Å². The number of aromatic hydroxyl groups is 1. The highest BCUT2D eigenvalue weighted by atomic mass is 16.3. The van der Waals surface area contributed by atoms with Gasteiger partial charge in [0.15, 0.2) is 5.78 Å². The van der Waals surface area contributed by atoms with Gasteiger partial charge in [-0.05, 0) is 56.3 Å². The maximum atomic E-state index is 13.0. The van der Waals surface area contributed by atoms with Crippen molar-refractivity contribution in [2.24, 2.45) is 0 Å². The molecule has 0 saturated carbocycles. The van der Waals surface area contributed by atoms with Crippen molar-refractivity contribution in [2.45, 2.75) is 13.8 Å². The molecular formula is C24H27N3O2. The van der Waals surface area contributed by atoms with Gasteiger partial charge in [-0.3, -0.25) is 9.69 Å². The van der Waals surface area contributed by atoms with E-state index in [0.717, 1.165) is 54.5 Å². The molecule has 0 atom stereocenters. The van der Waals surface area contributed by atoms with Gasteiger partial charge >= 0.3 is 0 Å². The average molecular weight is 389 g/mol. The number of benzene rings is 2. The lowest BCUT2D eigenvalue weighted by Gasteiger charge is -2.35. The van der Waals surface area contributed by atoms with E-state index >= 15 is 0 Å². The Bertz CT molecular complexity index is 985. The number of Topliss-reactive ketones (excluding diaryl/α,β-unsaturated/α-hetero) is 1. The summed E-state index contributed by atoms with van der Waals surface area (Å²) in [4.78, 5) is 17.5. The van der Waals surface area contributed by atoms with Gasteiger partial charge in [-0.1, -0.05) is 18.2 Å². The lowest BCUT2D eigenvalue weighted by molar-refractivity contribution is 0.0926. The minimum absolute atomic E-state index is 0.179. The third-order valence-corrected chi connectivity index (χ3v) is 5.70. The van der Waals surface area contributed by atoms with Gasteiger partial charge in [0.2, 0.25) is 0 Å². The molecule has 2 aromatic carbocycles. The Morgan fingerprint density at radius 1 is 0.897 bits per heavy atom. The summed E-state index contributed by atoms with van der Waals surface area (Å²) in [6, 6.07) is 19.5. The van der Waals surface area contributed by atoms with Gasteiger partial charge in [0.25, 0.3) is 0 Å². The van der Waals surface area contributed by atoms with Gasteiger partial charge < -0.3 is 14.6 Å². The smallest absolute Gasteiger partial charge is 0.178 e. The van der Waals surface area contributed by atoms with E-state index in [0.29, 0.717) is 6.54 Å². The van der Waals surface area contributed by atoms with E-state index in [1.165, 1.54) is 0 Å². The van der Waals surface area contributed by atoms with E-state index in [1.54, 1.807) is 12.1 Å². The van der Waals surface area contributed by atoms with Crippen LogP contribution in [0.15, 0.2) is 60.7 Å². The van der Waals surface area contributed by atoms with Crippen molar-refractivity contribution in [3.05, 3.63) is 77.6 Å². The number of para-hydroxylation sites is 1. The number of aromatic nitrogens is 1. The zero-order valence-corrected chi connectivity index (χ0v) is 17.0. The van der Waals surface area contributed by atoms with Crippen molar-refractivity contribution in [2.75, 3.05) is 37.6 Å². The molecule has 5 heteroatoms. The third kappa shape index (κ3) is 4.05. The molecule has 1 aliphatic rings. The molecular weight excluding hydrogens is 362 g/mol. The van der Waals surface area contributed by atoms with Gasteiger partial charge in [0, 0.05) is 54.5 Å². The summed E-state index contributed by atoms with van der Waals surface area (Å²) in [5, 5.41) is 9.45. The Morgan fingerprint density at radius 3 is 2.21 bits per heavy atom. The molecule has 150 valence electrons. The maximum absolute atomic E-state index is 13.0. The molecule has 0 aliphatic carbocycles. The van der Waals surface area contributed by atoms with E-state index in [2.05, 4.69) is 26.5 Å². The number of hydrogen-bond acceptors (Lipinski definition) is 4. The van der Waals surface area contributed by atoms with Gasteiger partial charge in [-0.15, -0.1) is 0 Å². The first-order chi connectivity index (χ1) is 14.0. The molecule has 1 aromatic heterocycles. The molecule has 1 fully saturated rings. The molecule has 5 nitrogen and oxygen atoms in total. The van der Waals surface area contributed by atoms with Crippen LogP contribution in [0.1, 0.15) is 21.7 Å². The second-order valence-corrected chi connectivity index (χ2v) is 7.66. The van der Waals surface area contributed by atoms with E-state index in [9.17, 15) is 9.90 Å². The molecule has 0 unspecified atom stereocenters. The largest absolute Gasteiger partial charge is 0.508 e. The summed E-state index contributed by atoms with van der Waals surface area (Å²) in [6.45, 7) is 7.97. The molecule has 0 spiro atoms. The van der Waals surface area contributed by atoms with E-state index in [-0.39, 0.29) is 11.5 Å². The molecule has 29 heavy (non-hydrogen) atoms. The first kappa shape index (κ1) is 19.3. The van der Waals surface area contributed by atoms with Crippen LogP contribution in [0.25, 0.3) is 5.69 Å². The van der Waals surface area contributed by atoms with Crippen LogP contribution in [0.4, 0.5) is 5.69 Å². The fourth-order valence-electron chi connectivity index (χ4n) is 4.14. The minimum Gasteiger partial charge on any atom is -0.508 e. The molecule has 2 heterocycles. The Balaban J connectivity index is 1.41. The number of carbonyl (C=O) groups is 1. The zero-order valence-electron chi connectivity index (χ0n) is 17.0. The minimum atomic E-state index is 0.179. The first-order valence-corrected chi connectivity index (χ1v) is 10.1. The van der Waals surface area contributed by atoms with Crippen molar-refractivity contribution in [3.63, 3.8) is 0 Å². The molecule has 0 amide bonds. The summed E-state index contributed by atoms with van der Waals surface area (Å²) in [6.07, 6.45) is 0. The number of carbonyl (C=O) groups excluding carboxylic acids is 1. The Labute approximate surface area is 171 Å². The highest BCUT2D eigenvalue weighted by Gasteiger charge is 2.22. The second-order valence-electron chi connectivity index (χ2n) is 7.66. The lowest BCUT2D eigenvalue weighted by atomic mass is 10.1. The number of piperazine rings is 1. The van der Waals surface area contributed by atoms with Crippen molar-refractivity contribution in [1.82, 2.24) is 9.47 Å². The second kappa shape index (κ2) is 8.13. The molecule has 0 radical (unpaired) electrons. The topological polar surface area (TPSA) is 48.7 Å². The highest BCUT2D eigenvalue weighted by molar-refractivity contribution is 5.99. The normalized spacial score (nSPS) is 14.9. The molecule has 0 bridgehead atoms. The Hall–Kier alpha value is -3.05. The van der Waals surface area contributed by atoms with Crippen molar-refractivity contribution < 1.29 is 9.90 Å². The number of ketones is 1. The quantitative estimate of drug-likeness (QED) is 0.674. The zero-order chi connectivity index (χ0) is 20.4. The summed E-state index contributed by atoms with van der Waals surface area (Å²) in [5.74, 6) is 0.462. The fourth-order valence-corrected chi connectivity index (χ4v) is 4.14. The van der Waals surface area contributed by atoms with Crippen LogP contribution in [0, 0.1) is 13.8 Å². The number of aryl methyl sites for hydroxylation is 1.